The molecule has 0 radical (unpaired) electrons. The Morgan fingerprint density at radius 1 is 0.282 bits per heavy atom. The second-order valence-electron chi connectivity index (χ2n) is 25.1. The highest BCUT2D eigenvalue weighted by Gasteiger charge is 2.11. The molecule has 49 heteroatoms. The Balaban J connectivity index is 0.000000152. The van der Waals surface area contributed by atoms with Crippen molar-refractivity contribution in [2.45, 2.75) is 57.8 Å². The normalized spacial score (nSPS) is 10.4. The minimum atomic E-state index is -1.02. The molecule has 42 nitrogen and oxygen atoms in total. The molecule has 9 aromatic carbocycles. The van der Waals surface area contributed by atoms with Crippen molar-refractivity contribution in [1.29, 1.82) is 0 Å². The summed E-state index contributed by atoms with van der Waals surface area (Å²) in [5.74, 6) is -1.71. The number of aromatic amines is 7. The number of ether oxygens (including phenoxy) is 4. The number of aromatic carboxylic acids is 1. The molecule has 0 saturated carbocycles. The summed E-state index contributed by atoms with van der Waals surface area (Å²) in [6.45, 7) is 1.07. The number of aromatic nitrogens is 28. The van der Waals surface area contributed by atoms with Gasteiger partial charge in [-0.25, -0.2) is 42.4 Å². The molecule has 0 unspecified atom stereocenters. The zero-order valence-corrected chi connectivity index (χ0v) is 70.2. The van der Waals surface area contributed by atoms with Gasteiger partial charge in [0.1, 0.15) is 23.0 Å². The number of fused-ring (bicyclic) bond motifs is 2. The summed E-state index contributed by atoms with van der Waals surface area (Å²) >= 11 is 35.0. The third-order valence-electron chi connectivity index (χ3n) is 16.6. The van der Waals surface area contributed by atoms with Gasteiger partial charge in [-0.3, -0.25) is 14.4 Å². The van der Waals surface area contributed by atoms with Crippen LogP contribution in [0.4, 0.5) is 0 Å². The summed E-state index contributed by atoms with van der Waals surface area (Å²) in [7, 11) is 0. The van der Waals surface area contributed by atoms with E-state index in [0.717, 1.165) is 74.6 Å². The molecule has 0 atom stereocenters. The quantitative estimate of drug-likeness (QED) is 0.0153. The first-order chi connectivity index (χ1) is 60.0. The van der Waals surface area contributed by atoms with Gasteiger partial charge in [-0.05, 0) is 280 Å². The van der Waals surface area contributed by atoms with Gasteiger partial charge >= 0.3 is 29.8 Å². The van der Waals surface area contributed by atoms with E-state index < -0.39 is 29.8 Å². The first-order valence-electron chi connectivity index (χ1n) is 36.7. The average molecular weight is 1810 g/mol. The highest BCUT2D eigenvalue weighted by atomic mass is 32.1. The highest BCUT2D eigenvalue weighted by molar-refractivity contribution is 7.72. The lowest BCUT2D eigenvalue weighted by Crippen LogP contribution is -2.09. The van der Waals surface area contributed by atoms with Gasteiger partial charge in [0.05, 0.1) is 65.2 Å². The summed E-state index contributed by atoms with van der Waals surface area (Å²) in [5, 5.41) is 117. The zero-order valence-electron chi connectivity index (χ0n) is 64.5. The maximum absolute atomic E-state index is 10.6. The molecular formula is C75H72N28O14S7. The lowest BCUT2D eigenvalue weighted by atomic mass is 10.1. The van der Waals surface area contributed by atoms with Gasteiger partial charge in [0.25, 0.3) is 0 Å². The molecule has 0 saturated heterocycles. The predicted molar refractivity (Wildman–Crippen MR) is 462 cm³/mol. The van der Waals surface area contributed by atoms with Gasteiger partial charge in [-0.1, -0.05) is 139 Å². The summed E-state index contributed by atoms with van der Waals surface area (Å²) in [6, 6.07) is 63.2. The molecule has 7 heterocycles. The summed E-state index contributed by atoms with van der Waals surface area (Å²) in [6.07, 6.45) is 4.67. The van der Waals surface area contributed by atoms with Crippen LogP contribution in [0.1, 0.15) is 68.1 Å². The lowest BCUT2D eigenvalue weighted by molar-refractivity contribution is -0.139. The van der Waals surface area contributed by atoms with E-state index in [1.165, 1.54) is 26.9 Å². The molecule has 0 amide bonds. The molecule has 16 rings (SSSR count). The molecule has 0 aliphatic heterocycles. The Hall–Kier alpha value is -14.9. The van der Waals surface area contributed by atoms with Crippen LogP contribution in [0.25, 0.3) is 61.4 Å². The molecule has 7 aromatic heterocycles. The third kappa shape index (κ3) is 28.1. The number of nitrogens with one attached hydrogen (secondary N) is 7. The number of carboxylic acids is 5. The number of carboxylic acid groups (broad SMARTS) is 5. The minimum absolute atomic E-state index is 0.104. The van der Waals surface area contributed by atoms with Crippen LogP contribution in [0.15, 0.2) is 206 Å². The van der Waals surface area contributed by atoms with Crippen LogP contribution < -0.4 is 18.9 Å². The third-order valence-corrected chi connectivity index (χ3v) is 18.4. The fourth-order valence-electron chi connectivity index (χ4n) is 10.7. The second kappa shape index (κ2) is 47.2. The van der Waals surface area contributed by atoms with E-state index >= 15 is 0 Å². The van der Waals surface area contributed by atoms with Gasteiger partial charge in [-0.2, -0.15) is 36.5 Å². The number of unbranched alkanes of at least 4 members (excludes halogenated alkanes) is 3. The van der Waals surface area contributed by atoms with Crippen LogP contribution >= 0.6 is 85.5 Å². The molecular weight excluding hydrogens is 1740 g/mol. The van der Waals surface area contributed by atoms with E-state index in [1.54, 1.807) is 71.9 Å². The lowest BCUT2D eigenvalue weighted by Gasteiger charge is -2.07. The summed E-state index contributed by atoms with van der Waals surface area (Å²) in [5.41, 5.74) is 6.00. The van der Waals surface area contributed by atoms with Crippen molar-refractivity contribution in [3.8, 4) is 62.8 Å². The van der Waals surface area contributed by atoms with Crippen LogP contribution in [0.2, 0.25) is 0 Å². The van der Waals surface area contributed by atoms with Gasteiger partial charge in [0.15, 0.2) is 6.61 Å². The highest BCUT2D eigenvalue weighted by Crippen LogP contribution is 2.24. The van der Waals surface area contributed by atoms with Crippen molar-refractivity contribution in [2.75, 3.05) is 26.4 Å². The van der Waals surface area contributed by atoms with Crippen molar-refractivity contribution >= 4 is 137 Å². The van der Waals surface area contributed by atoms with Crippen molar-refractivity contribution in [3.05, 3.63) is 245 Å². The van der Waals surface area contributed by atoms with Crippen LogP contribution in [0.5, 0.6) is 23.0 Å². The van der Waals surface area contributed by atoms with Crippen molar-refractivity contribution in [2.24, 2.45) is 0 Å². The molecule has 0 bridgehead atoms. The van der Waals surface area contributed by atoms with Gasteiger partial charge in [0, 0.05) is 24.6 Å². The molecule has 638 valence electrons. The smallest absolute Gasteiger partial charge is 0.341 e. The van der Waals surface area contributed by atoms with Gasteiger partial charge in [-0.15, -0.1) is 0 Å². The SMILES string of the molecule is O=C(O)CCCCCOc1ccc(-n2[nH]nnc2=S)cc1.O=C(O)CCCCOc1ccc(-n2[nH]nnc2=S)cc1.O=C(O)CCCOc1ccc(-n2[nH]nnc2=S)cc1.O=C(O)COc1ccc(-n2[nH]nnc2=S)cc1.O=C(O)c1ccc(-n2[nH]nnc2=S)cc1.S=c1nn[nH]n1-c1ccc2ccccc2c1.S=c1nn[nH]n1-c1cccc2ccccc12. The number of carbonyl (C=O) groups is 5. The van der Waals surface area contributed by atoms with Crippen molar-refractivity contribution in [1.82, 2.24) is 141 Å². The number of tetrazole rings is 7. The predicted octanol–water partition coefficient (Wildman–Crippen LogP) is 12.6. The van der Waals surface area contributed by atoms with Crippen LogP contribution in [0.3, 0.4) is 0 Å². The second-order valence-corrected chi connectivity index (χ2v) is 27.6. The molecule has 0 aliphatic rings. The Bertz CT molecular complexity index is 6580. The Labute approximate surface area is 734 Å². The average Bonchev–Trinajstić information content (AvgIpc) is 1.63. The number of benzene rings is 9. The topological polar surface area (TPSA) is 549 Å². The Morgan fingerprint density at radius 2 is 0.581 bits per heavy atom. The van der Waals surface area contributed by atoms with Crippen LogP contribution in [-0.4, -0.2) is 223 Å². The zero-order chi connectivity index (χ0) is 88.1. The van der Waals surface area contributed by atoms with Gasteiger partial charge in [0.2, 0.25) is 33.4 Å². The molecule has 16 aromatic rings. The minimum Gasteiger partial charge on any atom is -0.494 e. The van der Waals surface area contributed by atoms with E-state index in [2.05, 4.69) is 133 Å². The van der Waals surface area contributed by atoms with E-state index in [9.17, 15) is 24.0 Å². The van der Waals surface area contributed by atoms with Crippen LogP contribution in [-0.2, 0) is 19.2 Å². The van der Waals surface area contributed by atoms with Gasteiger partial charge < -0.3 is 44.5 Å². The van der Waals surface area contributed by atoms with Crippen LogP contribution in [0, 0.1) is 33.4 Å². The standard InChI is InChI=1S/C13H16N4O3S.C12H14N4O3S.C11H12N4O3S.2C11H8N4S.C9H8N4O3S.C8H6N4O2S/c18-12(19)4-2-1-3-9-20-11-7-5-10(6-8-11)17-13(21)14-15-16-17;17-11(18)3-1-2-8-19-10-6-4-9(5-7-10)16-12(20)13-14-15-16;16-10(17)2-1-7-18-9-5-3-8(4-6-9)15-11(19)12-13-14-15;16-11-12-13-14-15(11)10-7-3-5-8-4-1-2-6-9(8)10;16-11-12-13-14-15(11)10-6-5-8-3-1-2-4-9(8)7-10;14-8(15)5-16-7-3-1-6(2-4-7)13-9(17)10-11-12-13;13-7(14)5-1-3-6(4-2-5)12-8(15)9-10-11-12/h5-8H,1-4,9H2,(H,18,19)(H,14,16,21);4-7H,1-3,8H2,(H,17,18)(H,13,15,20);3-6H,1-2,7H2,(H,16,17)(H,12,14,19);2*1-7H,(H,12,14,16);1-4H,5H2,(H,14,15)(H,10,12,17);1-4H,(H,13,14)(H,9,11,15). The summed E-state index contributed by atoms with van der Waals surface area (Å²) in [4.78, 5) is 51.9. The fourth-order valence-corrected chi connectivity index (χ4v) is 12.0. The fraction of sp³-hybridized carbons (Fsp3) is 0.173. The van der Waals surface area contributed by atoms with Crippen molar-refractivity contribution < 1.29 is 68.5 Å². The molecule has 124 heavy (non-hydrogen) atoms. The maximum atomic E-state index is 10.6. The number of rotatable bonds is 29. The number of aliphatic carboxylic acids is 4. The Morgan fingerprint density at radius 3 is 0.944 bits per heavy atom. The van der Waals surface area contributed by atoms with Crippen molar-refractivity contribution in [3.63, 3.8) is 0 Å². The number of hydrogen-bond donors (Lipinski definition) is 12. The maximum Gasteiger partial charge on any atom is 0.341 e. The first-order valence-corrected chi connectivity index (χ1v) is 39.5. The van der Waals surface area contributed by atoms with E-state index in [4.69, 9.17) is 130 Å². The number of nitrogens with zero attached hydrogens (tertiary/aromatic N) is 21. The Kier molecular flexibility index (Phi) is 34.8. The molecule has 0 fully saturated rings. The van der Waals surface area contributed by atoms with E-state index in [0.29, 0.717) is 91.3 Å². The number of hydrogen-bond acceptors (Lipinski definition) is 30. The molecule has 12 N–H and O–H groups in total. The molecule has 0 aliphatic carbocycles. The largest absolute Gasteiger partial charge is 0.494 e. The summed E-state index contributed by atoms with van der Waals surface area (Å²) < 4.78 is 35.1. The monoisotopic (exact) mass is 1810 g/mol. The number of H-pyrrole nitrogens is 7. The first kappa shape index (κ1) is 91.4. The van der Waals surface area contributed by atoms with E-state index in [-0.39, 0.29) is 36.2 Å². The van der Waals surface area contributed by atoms with E-state index in [1.807, 2.05) is 121 Å². The molecule has 0 spiro atoms.